The van der Waals surface area contributed by atoms with Crippen molar-refractivity contribution in [1.82, 2.24) is 0 Å². The van der Waals surface area contributed by atoms with Gasteiger partial charge < -0.3 is 30.0 Å². The van der Waals surface area contributed by atoms with E-state index in [0.717, 1.165) is 25.7 Å². The SMILES string of the molecule is CC(=O)CC(=O)[O-].CC(=O)CC(=O)[O-].CCCC[O-].CCCC[O-].[Hf+4]. The van der Waals surface area contributed by atoms with Crippen molar-refractivity contribution in [3.8, 4) is 0 Å². The minimum absolute atomic E-state index is 0. The maximum Gasteiger partial charge on any atom is 4.00 e. The van der Waals surface area contributed by atoms with Gasteiger partial charge in [0.15, 0.2) is 0 Å². The Kier molecular flexibility index (Phi) is 43.5. The second kappa shape index (κ2) is 30.9. The zero-order valence-electron chi connectivity index (χ0n) is 15.4. The molecule has 0 saturated heterocycles. The van der Waals surface area contributed by atoms with Gasteiger partial charge in [-0.1, -0.05) is 39.5 Å². The van der Waals surface area contributed by atoms with Gasteiger partial charge in [-0.05, 0) is 13.8 Å². The fraction of sp³-hybridized carbons (Fsp3) is 0.750. The Morgan fingerprint density at radius 2 is 0.920 bits per heavy atom. The first-order chi connectivity index (χ1) is 11.1. The molecule has 9 heteroatoms. The van der Waals surface area contributed by atoms with E-state index in [2.05, 4.69) is 0 Å². The number of hydrogen-bond acceptors (Lipinski definition) is 8. The van der Waals surface area contributed by atoms with Crippen molar-refractivity contribution in [2.45, 2.75) is 66.2 Å². The number of carboxylic acids is 2. The minimum atomic E-state index is -1.31. The van der Waals surface area contributed by atoms with Gasteiger partial charge in [-0.25, -0.2) is 0 Å². The maximum atomic E-state index is 9.83. The Balaban J connectivity index is -0.0000000711. The molecule has 0 aliphatic heterocycles. The third kappa shape index (κ3) is 83.6. The molecule has 0 spiro atoms. The quantitative estimate of drug-likeness (QED) is 0.252. The van der Waals surface area contributed by atoms with E-state index in [1.165, 1.54) is 13.8 Å². The first-order valence-corrected chi connectivity index (χ1v) is 7.63. The van der Waals surface area contributed by atoms with Crippen molar-refractivity contribution in [2.75, 3.05) is 13.2 Å². The number of unbranched alkanes of at least 4 members (excludes halogenated alkanes) is 2. The van der Waals surface area contributed by atoms with Crippen LogP contribution in [-0.2, 0) is 45.0 Å². The molecule has 8 nitrogen and oxygen atoms in total. The molecule has 0 amide bonds. The molecular weight excluding hydrogens is 499 g/mol. The number of Topliss-reactive ketones (excluding diaryl/α,β-unsaturated/α-hetero) is 2. The van der Waals surface area contributed by atoms with E-state index in [-0.39, 0.29) is 50.6 Å². The van der Waals surface area contributed by atoms with Crippen molar-refractivity contribution in [3.05, 3.63) is 0 Å². The number of carboxylic acid groups (broad SMARTS) is 2. The third-order valence-electron chi connectivity index (χ3n) is 1.78. The molecule has 0 aliphatic rings. The second-order valence-electron chi connectivity index (χ2n) is 4.62. The monoisotopic (exact) mass is 528 g/mol. The van der Waals surface area contributed by atoms with E-state index in [1.54, 1.807) is 0 Å². The summed E-state index contributed by atoms with van der Waals surface area (Å²) in [5, 5.41) is 38.0. The number of ketones is 2. The Bertz CT molecular complexity index is 272. The molecule has 0 aromatic rings. The van der Waals surface area contributed by atoms with E-state index in [4.69, 9.17) is 0 Å². The molecule has 0 bridgehead atoms. The molecule has 0 fully saturated rings. The number of hydrogen-bond donors (Lipinski definition) is 0. The van der Waals surface area contributed by atoms with Crippen molar-refractivity contribution >= 4 is 23.5 Å². The standard InChI is InChI=1S/2C4H6O3.2C4H9O.Hf/c2*1-3(5)2-4(6)7;2*1-2-3-4-5;/h2*2H2,1H3,(H,6,7);2*2-4H2,1H3;/q;;2*-1;+4/p-2. The van der Waals surface area contributed by atoms with Gasteiger partial charge in [0, 0.05) is 24.8 Å². The maximum absolute atomic E-state index is 9.83. The van der Waals surface area contributed by atoms with Crippen LogP contribution in [-0.4, -0.2) is 36.7 Å². The van der Waals surface area contributed by atoms with Gasteiger partial charge in [0.25, 0.3) is 0 Å². The van der Waals surface area contributed by atoms with Crippen molar-refractivity contribution in [3.63, 3.8) is 0 Å². The Labute approximate surface area is 168 Å². The predicted molar refractivity (Wildman–Crippen MR) is 80.2 cm³/mol. The number of aliphatic carboxylic acids is 2. The average Bonchev–Trinajstić information content (AvgIpc) is 2.39. The first-order valence-electron chi connectivity index (χ1n) is 7.63. The van der Waals surface area contributed by atoms with Crippen LogP contribution in [0.15, 0.2) is 0 Å². The number of carbonyl (C=O) groups is 4. The fourth-order valence-corrected chi connectivity index (χ4v) is 0.695. The summed E-state index contributed by atoms with van der Waals surface area (Å²) in [5.74, 6) is -3.37. The van der Waals surface area contributed by atoms with Crippen LogP contribution in [0.4, 0.5) is 0 Å². The fourth-order valence-electron chi connectivity index (χ4n) is 0.695. The van der Waals surface area contributed by atoms with E-state index < -0.39 is 24.8 Å². The molecule has 0 aromatic carbocycles. The van der Waals surface area contributed by atoms with Crippen LogP contribution in [0.2, 0.25) is 0 Å². The Morgan fingerprint density at radius 1 is 0.680 bits per heavy atom. The molecule has 0 atom stereocenters. The number of rotatable bonds is 8. The van der Waals surface area contributed by atoms with E-state index in [0.29, 0.717) is 0 Å². The predicted octanol–water partition coefficient (Wildman–Crippen LogP) is -2.28. The summed E-state index contributed by atoms with van der Waals surface area (Å²) in [6, 6.07) is 0. The molecule has 0 unspecified atom stereocenters. The topological polar surface area (TPSA) is 161 Å². The van der Waals surface area contributed by atoms with Gasteiger partial charge >= 0.3 is 25.8 Å². The van der Waals surface area contributed by atoms with Crippen molar-refractivity contribution < 1.29 is 65.4 Å². The summed E-state index contributed by atoms with van der Waals surface area (Å²) in [6.45, 7) is 6.62. The van der Waals surface area contributed by atoms with E-state index in [9.17, 15) is 39.6 Å². The molecule has 0 aromatic heterocycles. The van der Waals surface area contributed by atoms with Crippen LogP contribution in [0.1, 0.15) is 66.2 Å². The summed E-state index contributed by atoms with van der Waals surface area (Å²) >= 11 is 0. The second-order valence-corrected chi connectivity index (χ2v) is 4.62. The minimum Gasteiger partial charge on any atom is -0.854 e. The van der Waals surface area contributed by atoms with Gasteiger partial charge in [0.2, 0.25) is 0 Å². The Hall–Kier alpha value is -0.930. The van der Waals surface area contributed by atoms with Crippen LogP contribution in [0.5, 0.6) is 0 Å². The van der Waals surface area contributed by atoms with Crippen LogP contribution >= 0.6 is 0 Å². The van der Waals surface area contributed by atoms with Gasteiger partial charge in [-0.3, -0.25) is 9.59 Å². The van der Waals surface area contributed by atoms with Crippen LogP contribution in [0.25, 0.3) is 0 Å². The molecular formula is C16H28HfO8. The van der Waals surface area contributed by atoms with Crippen molar-refractivity contribution in [2.24, 2.45) is 0 Å². The molecule has 0 radical (unpaired) electrons. The normalized spacial score (nSPS) is 7.92. The summed E-state index contributed by atoms with van der Waals surface area (Å²) < 4.78 is 0. The molecule has 0 heterocycles. The van der Waals surface area contributed by atoms with Gasteiger partial charge in [0.05, 0.1) is 0 Å². The van der Waals surface area contributed by atoms with Gasteiger partial charge in [-0.2, -0.15) is 0 Å². The molecule has 0 N–H and O–H groups in total. The zero-order chi connectivity index (χ0) is 20.0. The summed E-state index contributed by atoms with van der Waals surface area (Å²) in [6.07, 6.45) is 2.78. The van der Waals surface area contributed by atoms with E-state index >= 15 is 0 Å². The largest absolute Gasteiger partial charge is 4.00 e. The van der Waals surface area contributed by atoms with Crippen LogP contribution in [0, 0.1) is 0 Å². The summed E-state index contributed by atoms with van der Waals surface area (Å²) in [7, 11) is 0. The Morgan fingerprint density at radius 3 is 0.920 bits per heavy atom. The molecule has 25 heavy (non-hydrogen) atoms. The average molecular weight is 527 g/mol. The molecule has 0 rings (SSSR count). The number of carbonyl (C=O) groups excluding carboxylic acids is 4. The third-order valence-corrected chi connectivity index (χ3v) is 1.78. The molecule has 144 valence electrons. The van der Waals surface area contributed by atoms with Crippen molar-refractivity contribution in [1.29, 1.82) is 0 Å². The van der Waals surface area contributed by atoms with Crippen LogP contribution < -0.4 is 20.4 Å². The molecule has 0 saturated carbocycles. The zero-order valence-corrected chi connectivity index (χ0v) is 19.0. The van der Waals surface area contributed by atoms with Crippen LogP contribution in [0.3, 0.4) is 0 Å². The first kappa shape index (κ1) is 35.2. The van der Waals surface area contributed by atoms with Gasteiger partial charge in [0.1, 0.15) is 11.6 Å². The summed E-state index contributed by atoms with van der Waals surface area (Å²) in [5.41, 5.74) is 0. The van der Waals surface area contributed by atoms with Gasteiger partial charge in [-0.15, -0.1) is 13.2 Å². The summed E-state index contributed by atoms with van der Waals surface area (Å²) in [4.78, 5) is 38.6. The molecule has 0 aliphatic carbocycles. The van der Waals surface area contributed by atoms with E-state index in [1.807, 2.05) is 13.8 Å². The smallest absolute Gasteiger partial charge is 0.854 e.